The summed E-state index contributed by atoms with van der Waals surface area (Å²) in [7, 11) is 0. The van der Waals surface area contributed by atoms with Gasteiger partial charge in [0, 0.05) is 42.3 Å². The first-order valence-corrected chi connectivity index (χ1v) is 6.91. The number of benzene rings is 1. The van der Waals surface area contributed by atoms with Gasteiger partial charge in [-0.05, 0) is 11.6 Å². The van der Waals surface area contributed by atoms with Crippen molar-refractivity contribution in [3.63, 3.8) is 0 Å². The zero-order valence-corrected chi connectivity index (χ0v) is 12.0. The maximum Gasteiger partial charge on any atom is 0.269 e. The molecule has 19 heavy (non-hydrogen) atoms. The molecule has 1 aliphatic rings. The smallest absolute Gasteiger partial charge is 0.269 e. The molecule has 0 saturated carbocycles. The van der Waals surface area contributed by atoms with Crippen LogP contribution >= 0.6 is 15.9 Å². The van der Waals surface area contributed by atoms with E-state index in [-0.39, 0.29) is 5.69 Å². The van der Waals surface area contributed by atoms with Gasteiger partial charge < -0.3 is 15.4 Å². The number of piperazine rings is 1. The molecule has 0 bridgehead atoms. The molecule has 1 aromatic rings. The van der Waals surface area contributed by atoms with Crippen molar-refractivity contribution in [2.24, 2.45) is 0 Å². The van der Waals surface area contributed by atoms with Crippen LogP contribution in [0.15, 0.2) is 22.7 Å². The molecule has 1 fully saturated rings. The van der Waals surface area contributed by atoms with Crippen LogP contribution in [0.4, 0.5) is 5.69 Å². The standard InChI is InChI=1S/C12H16BrN3O3/c13-12-2-1-11(16(17)18)5-9(12)7-19-8-10-6-14-3-4-15-10/h1-2,5,10,14-15H,3-4,6-8H2. The highest BCUT2D eigenvalue weighted by atomic mass is 79.9. The highest BCUT2D eigenvalue weighted by Gasteiger charge is 2.13. The zero-order chi connectivity index (χ0) is 13.7. The Morgan fingerprint density at radius 1 is 1.47 bits per heavy atom. The number of hydrogen-bond acceptors (Lipinski definition) is 5. The molecular weight excluding hydrogens is 314 g/mol. The Morgan fingerprint density at radius 3 is 3.00 bits per heavy atom. The zero-order valence-electron chi connectivity index (χ0n) is 10.4. The number of hydrogen-bond donors (Lipinski definition) is 2. The molecule has 1 aromatic carbocycles. The molecule has 2 N–H and O–H groups in total. The molecule has 1 heterocycles. The van der Waals surface area contributed by atoms with Gasteiger partial charge >= 0.3 is 0 Å². The van der Waals surface area contributed by atoms with Gasteiger partial charge in [0.1, 0.15) is 0 Å². The fourth-order valence-corrected chi connectivity index (χ4v) is 2.29. The molecule has 2 rings (SSSR count). The minimum absolute atomic E-state index is 0.0826. The monoisotopic (exact) mass is 329 g/mol. The van der Waals surface area contributed by atoms with Gasteiger partial charge in [-0.25, -0.2) is 0 Å². The average molecular weight is 330 g/mol. The number of halogens is 1. The normalized spacial score (nSPS) is 19.3. The molecule has 1 unspecified atom stereocenters. The minimum atomic E-state index is -0.400. The first-order valence-electron chi connectivity index (χ1n) is 6.11. The van der Waals surface area contributed by atoms with Crippen LogP contribution in [0, 0.1) is 10.1 Å². The first kappa shape index (κ1) is 14.4. The van der Waals surface area contributed by atoms with Gasteiger partial charge in [-0.15, -0.1) is 0 Å². The molecule has 0 aliphatic carbocycles. The molecule has 6 nitrogen and oxygen atoms in total. The third-order valence-electron chi connectivity index (χ3n) is 2.94. The molecule has 1 atom stereocenters. The second kappa shape index (κ2) is 6.95. The Labute approximate surface area is 119 Å². The Kier molecular flexibility index (Phi) is 5.26. The third-order valence-corrected chi connectivity index (χ3v) is 3.72. The molecule has 0 spiro atoms. The highest BCUT2D eigenvalue weighted by molar-refractivity contribution is 9.10. The lowest BCUT2D eigenvalue weighted by Crippen LogP contribution is -2.50. The van der Waals surface area contributed by atoms with Crippen LogP contribution in [0.5, 0.6) is 0 Å². The lowest BCUT2D eigenvalue weighted by molar-refractivity contribution is -0.385. The molecule has 1 aliphatic heterocycles. The topological polar surface area (TPSA) is 76.4 Å². The number of rotatable bonds is 5. The van der Waals surface area contributed by atoms with E-state index in [1.165, 1.54) is 12.1 Å². The van der Waals surface area contributed by atoms with Gasteiger partial charge in [-0.3, -0.25) is 10.1 Å². The van der Waals surface area contributed by atoms with Crippen LogP contribution in [0.2, 0.25) is 0 Å². The van der Waals surface area contributed by atoms with Crippen molar-refractivity contribution in [2.75, 3.05) is 26.2 Å². The van der Waals surface area contributed by atoms with Gasteiger partial charge in [0.15, 0.2) is 0 Å². The van der Waals surface area contributed by atoms with E-state index < -0.39 is 4.92 Å². The SMILES string of the molecule is O=[N+]([O-])c1ccc(Br)c(COCC2CNCCN2)c1. The van der Waals surface area contributed by atoms with Crippen LogP contribution < -0.4 is 10.6 Å². The summed E-state index contributed by atoms with van der Waals surface area (Å²) in [6, 6.07) is 4.99. The van der Waals surface area contributed by atoms with E-state index in [1.54, 1.807) is 6.07 Å². The van der Waals surface area contributed by atoms with Crippen LogP contribution in [-0.2, 0) is 11.3 Å². The predicted molar refractivity (Wildman–Crippen MR) is 75.1 cm³/mol. The molecule has 1 saturated heterocycles. The summed E-state index contributed by atoms with van der Waals surface area (Å²) in [5, 5.41) is 17.3. The van der Waals surface area contributed by atoms with E-state index in [9.17, 15) is 10.1 Å². The maximum atomic E-state index is 10.7. The van der Waals surface area contributed by atoms with Crippen LogP contribution in [0.25, 0.3) is 0 Å². The Balaban J connectivity index is 1.87. The van der Waals surface area contributed by atoms with E-state index in [4.69, 9.17) is 4.74 Å². The van der Waals surface area contributed by atoms with E-state index in [0.29, 0.717) is 19.3 Å². The predicted octanol–water partition coefficient (Wildman–Crippen LogP) is 1.44. The van der Waals surface area contributed by atoms with Crippen LogP contribution in [-0.4, -0.2) is 37.2 Å². The minimum Gasteiger partial charge on any atom is -0.375 e. The van der Waals surface area contributed by atoms with Gasteiger partial charge in [0.05, 0.1) is 18.1 Å². The van der Waals surface area contributed by atoms with Crippen molar-refractivity contribution < 1.29 is 9.66 Å². The molecule has 0 amide bonds. The summed E-state index contributed by atoms with van der Waals surface area (Å²) in [5.41, 5.74) is 0.872. The summed E-state index contributed by atoms with van der Waals surface area (Å²) < 4.78 is 6.45. The summed E-state index contributed by atoms with van der Waals surface area (Å²) in [4.78, 5) is 10.3. The Hall–Kier alpha value is -1.02. The van der Waals surface area contributed by atoms with E-state index >= 15 is 0 Å². The van der Waals surface area contributed by atoms with Crippen molar-refractivity contribution in [1.29, 1.82) is 0 Å². The lowest BCUT2D eigenvalue weighted by atomic mass is 10.2. The molecule has 104 valence electrons. The van der Waals surface area contributed by atoms with Crippen LogP contribution in [0.1, 0.15) is 5.56 Å². The van der Waals surface area contributed by atoms with E-state index in [2.05, 4.69) is 26.6 Å². The molecule has 0 radical (unpaired) electrons. The van der Waals surface area contributed by atoms with Crippen LogP contribution in [0.3, 0.4) is 0 Å². The lowest BCUT2D eigenvalue weighted by Gasteiger charge is -2.24. The molecule has 7 heteroatoms. The van der Waals surface area contributed by atoms with Crippen molar-refractivity contribution in [1.82, 2.24) is 10.6 Å². The summed E-state index contributed by atoms with van der Waals surface area (Å²) >= 11 is 3.38. The average Bonchev–Trinajstić information content (AvgIpc) is 2.42. The summed E-state index contributed by atoms with van der Waals surface area (Å²) in [6.07, 6.45) is 0. The Morgan fingerprint density at radius 2 is 2.32 bits per heavy atom. The number of nitro groups is 1. The van der Waals surface area contributed by atoms with E-state index in [1.807, 2.05) is 0 Å². The fraction of sp³-hybridized carbons (Fsp3) is 0.500. The second-order valence-electron chi connectivity index (χ2n) is 4.40. The second-order valence-corrected chi connectivity index (χ2v) is 5.26. The van der Waals surface area contributed by atoms with Gasteiger partial charge in [-0.1, -0.05) is 15.9 Å². The third kappa shape index (κ3) is 4.24. The maximum absolute atomic E-state index is 10.7. The summed E-state index contributed by atoms with van der Waals surface area (Å²) in [5.74, 6) is 0. The largest absolute Gasteiger partial charge is 0.375 e. The number of non-ortho nitro benzene ring substituents is 1. The highest BCUT2D eigenvalue weighted by Crippen LogP contribution is 2.23. The van der Waals surface area contributed by atoms with Crippen molar-refractivity contribution >= 4 is 21.6 Å². The van der Waals surface area contributed by atoms with Crippen molar-refractivity contribution in [3.05, 3.63) is 38.3 Å². The fourth-order valence-electron chi connectivity index (χ4n) is 1.93. The quantitative estimate of drug-likeness (QED) is 0.631. The van der Waals surface area contributed by atoms with E-state index in [0.717, 1.165) is 29.7 Å². The van der Waals surface area contributed by atoms with Gasteiger partial charge in [-0.2, -0.15) is 0 Å². The number of nitrogens with one attached hydrogen (secondary N) is 2. The first-order chi connectivity index (χ1) is 9.16. The van der Waals surface area contributed by atoms with Gasteiger partial charge in [0.25, 0.3) is 5.69 Å². The molecular formula is C12H16BrN3O3. The number of nitrogens with zero attached hydrogens (tertiary/aromatic N) is 1. The number of ether oxygens (including phenoxy) is 1. The van der Waals surface area contributed by atoms with Crippen molar-refractivity contribution in [2.45, 2.75) is 12.6 Å². The Bertz CT molecular complexity index is 450. The van der Waals surface area contributed by atoms with Gasteiger partial charge in [0.2, 0.25) is 0 Å². The summed E-state index contributed by atoms with van der Waals surface area (Å²) in [6.45, 7) is 3.75. The van der Waals surface area contributed by atoms with Crippen molar-refractivity contribution in [3.8, 4) is 0 Å². The number of nitro benzene ring substituents is 1. The molecule has 0 aromatic heterocycles.